The topological polar surface area (TPSA) is 79.7 Å². The van der Waals surface area contributed by atoms with Gasteiger partial charge in [-0.1, -0.05) is 17.7 Å². The van der Waals surface area contributed by atoms with Gasteiger partial charge in [0, 0.05) is 21.7 Å². The monoisotopic (exact) mass is 464 g/mol. The van der Waals surface area contributed by atoms with E-state index >= 15 is 0 Å². The van der Waals surface area contributed by atoms with E-state index in [4.69, 9.17) is 21.1 Å². The van der Waals surface area contributed by atoms with Crippen LogP contribution in [0.15, 0.2) is 72.8 Å². The largest absolute Gasteiger partial charge is 0.497 e. The number of carbonyl (C=O) groups excluding carboxylic acids is 2. The van der Waals surface area contributed by atoms with Crippen molar-refractivity contribution in [1.29, 1.82) is 0 Å². The van der Waals surface area contributed by atoms with Gasteiger partial charge in [0.15, 0.2) is 6.04 Å². The molecule has 1 aliphatic rings. The van der Waals surface area contributed by atoms with Gasteiger partial charge in [-0.3, -0.25) is 9.59 Å². The predicted molar refractivity (Wildman–Crippen MR) is 125 cm³/mol. The van der Waals surface area contributed by atoms with Gasteiger partial charge in [0.2, 0.25) is 12.3 Å². The predicted octanol–water partition coefficient (Wildman–Crippen LogP) is 3.37. The van der Waals surface area contributed by atoms with Crippen LogP contribution in [-0.4, -0.2) is 43.0 Å². The van der Waals surface area contributed by atoms with Crippen molar-refractivity contribution in [3.63, 3.8) is 0 Å². The van der Waals surface area contributed by atoms with E-state index in [0.29, 0.717) is 22.1 Å². The van der Waals surface area contributed by atoms with Crippen LogP contribution in [0.2, 0.25) is 5.02 Å². The molecule has 0 aromatic heterocycles. The number of benzene rings is 3. The average molecular weight is 465 g/mol. The lowest BCUT2D eigenvalue weighted by molar-refractivity contribution is -0.596. The molecule has 0 bridgehead atoms. The van der Waals surface area contributed by atoms with E-state index in [1.54, 1.807) is 43.2 Å². The minimum absolute atomic E-state index is 0.322. The number of nitrogens with zero attached hydrogens (tertiary/aromatic N) is 1. The summed E-state index contributed by atoms with van der Waals surface area (Å²) in [6.45, 7) is 0. The summed E-state index contributed by atoms with van der Waals surface area (Å²) in [5.41, 5.74) is 4.94. The minimum Gasteiger partial charge on any atom is -0.497 e. The highest BCUT2D eigenvalue weighted by atomic mass is 35.5. The Hall–Kier alpha value is -3.84. The first-order valence-corrected chi connectivity index (χ1v) is 10.6. The highest BCUT2D eigenvalue weighted by Crippen LogP contribution is 2.27. The lowest BCUT2D eigenvalue weighted by atomic mass is 9.99. The molecule has 168 valence electrons. The van der Waals surface area contributed by atoms with E-state index in [2.05, 4.69) is 10.7 Å². The zero-order chi connectivity index (χ0) is 23.4. The third-order valence-corrected chi connectivity index (χ3v) is 5.62. The van der Waals surface area contributed by atoms with Gasteiger partial charge in [0.05, 0.1) is 14.2 Å². The quantitative estimate of drug-likeness (QED) is 0.548. The van der Waals surface area contributed by atoms with Crippen molar-refractivity contribution in [1.82, 2.24) is 10.7 Å². The van der Waals surface area contributed by atoms with Crippen molar-refractivity contribution >= 4 is 29.6 Å². The maximum absolute atomic E-state index is 13.0. The molecule has 0 spiro atoms. The second-order valence-corrected chi connectivity index (χ2v) is 7.90. The normalized spacial score (nSPS) is 18.6. The number of amides is 2. The van der Waals surface area contributed by atoms with Crippen LogP contribution < -0.4 is 20.2 Å². The Bertz CT molecular complexity index is 1190. The number of halogens is 1. The molecule has 0 radical (unpaired) electrons. The zero-order valence-corrected chi connectivity index (χ0v) is 18.9. The highest BCUT2D eigenvalue weighted by molar-refractivity contribution is 6.30. The minimum atomic E-state index is -0.830. The number of ether oxygens (including phenoxy) is 2. The Kier molecular flexibility index (Phi) is 6.60. The van der Waals surface area contributed by atoms with Crippen molar-refractivity contribution in [2.75, 3.05) is 14.2 Å². The van der Waals surface area contributed by atoms with Crippen molar-refractivity contribution < 1.29 is 23.7 Å². The van der Waals surface area contributed by atoms with Crippen LogP contribution in [0, 0.1) is 0 Å². The maximum Gasteiger partial charge on any atom is 0.304 e. The molecule has 3 aromatic rings. The second-order valence-electron chi connectivity index (χ2n) is 7.47. The van der Waals surface area contributed by atoms with Gasteiger partial charge in [-0.2, -0.15) is 0 Å². The van der Waals surface area contributed by atoms with Gasteiger partial charge in [-0.25, -0.2) is 0 Å². The van der Waals surface area contributed by atoms with Gasteiger partial charge < -0.3 is 14.8 Å². The number of methoxy groups -OCH3 is 2. The van der Waals surface area contributed by atoms with E-state index in [1.165, 1.54) is 0 Å². The molecule has 0 unspecified atom stereocenters. The molecule has 0 saturated carbocycles. The Morgan fingerprint density at radius 1 is 1.00 bits per heavy atom. The van der Waals surface area contributed by atoms with E-state index in [1.807, 2.05) is 54.7 Å². The van der Waals surface area contributed by atoms with E-state index in [9.17, 15) is 9.59 Å². The van der Waals surface area contributed by atoms with Gasteiger partial charge in [0.25, 0.3) is 5.91 Å². The number of rotatable bonds is 6. The number of nitrogens with one attached hydrogen (secondary N) is 2. The number of carbonyl (C=O) groups is 2. The van der Waals surface area contributed by atoms with Crippen LogP contribution in [0.3, 0.4) is 0 Å². The fourth-order valence-electron chi connectivity index (χ4n) is 3.69. The molecule has 0 aliphatic carbocycles. The molecule has 2 N–H and O–H groups in total. The molecule has 3 aromatic carbocycles. The molecule has 2 atom stereocenters. The molecule has 1 saturated heterocycles. The van der Waals surface area contributed by atoms with Gasteiger partial charge in [-0.05, 0) is 66.7 Å². The summed E-state index contributed by atoms with van der Waals surface area (Å²) in [4.78, 5) is 25.9. The zero-order valence-electron chi connectivity index (χ0n) is 18.1. The van der Waals surface area contributed by atoms with Crippen molar-refractivity contribution in [2.24, 2.45) is 0 Å². The molecule has 33 heavy (non-hydrogen) atoms. The molecule has 1 fully saturated rings. The van der Waals surface area contributed by atoms with Crippen LogP contribution in [-0.2, 0) is 4.79 Å². The van der Waals surface area contributed by atoms with Crippen LogP contribution in [0.1, 0.15) is 27.5 Å². The molecule has 1 aliphatic heterocycles. The van der Waals surface area contributed by atoms with E-state index in [0.717, 1.165) is 11.1 Å². The second kappa shape index (κ2) is 9.75. The molecular formula is C25H23ClN3O4+. The first kappa shape index (κ1) is 22.4. The fraction of sp³-hybridized carbons (Fsp3) is 0.160. The number of hydrazone groups is 1. The molecule has 8 heteroatoms. The molecule has 4 rings (SSSR count). The molecule has 7 nitrogen and oxygen atoms in total. The van der Waals surface area contributed by atoms with Crippen LogP contribution in [0.25, 0.3) is 0 Å². The Morgan fingerprint density at radius 2 is 1.70 bits per heavy atom. The smallest absolute Gasteiger partial charge is 0.304 e. The summed E-state index contributed by atoms with van der Waals surface area (Å²) in [6, 6.07) is 20.0. The summed E-state index contributed by atoms with van der Waals surface area (Å²) in [7, 11) is 3.19. The lowest BCUT2D eigenvalue weighted by Gasteiger charge is -2.15. The van der Waals surface area contributed by atoms with E-state index < -0.39 is 12.1 Å². The standard InChI is InChI=1S/C25H22ClN3O4/c1-32-20-12-8-17(9-13-20)23-22(27-24(30)18-6-10-19(26)11-7-18)25(31)28-29(23)15-16-4-3-5-21(14-16)33-2/h3-15,22-23H,1-2H3,(H-,27,28,30,31)/p+1/b29-15-/t22-,23-/m0/s1. The Labute approximate surface area is 196 Å². The van der Waals surface area contributed by atoms with Crippen LogP contribution >= 0.6 is 11.6 Å². The van der Waals surface area contributed by atoms with E-state index in [-0.39, 0.29) is 11.8 Å². The van der Waals surface area contributed by atoms with Crippen molar-refractivity contribution in [3.05, 3.63) is 94.5 Å². The summed E-state index contributed by atoms with van der Waals surface area (Å²) < 4.78 is 12.3. The van der Waals surface area contributed by atoms with Crippen molar-refractivity contribution in [3.8, 4) is 11.5 Å². The number of hydrogen-bond acceptors (Lipinski definition) is 4. The fourth-order valence-corrected chi connectivity index (χ4v) is 3.82. The number of hydrazine groups is 1. The van der Waals surface area contributed by atoms with Gasteiger partial charge in [0.1, 0.15) is 11.5 Å². The van der Waals surface area contributed by atoms with Gasteiger partial charge in [-0.15, -0.1) is 10.1 Å². The highest BCUT2D eigenvalue weighted by Gasteiger charge is 2.47. The average Bonchev–Trinajstić information content (AvgIpc) is 3.13. The lowest BCUT2D eigenvalue weighted by Crippen LogP contribution is -2.42. The first-order valence-electron chi connectivity index (χ1n) is 10.3. The van der Waals surface area contributed by atoms with Gasteiger partial charge >= 0.3 is 5.91 Å². The first-order chi connectivity index (χ1) is 16.0. The Balaban J connectivity index is 1.70. The van der Waals surface area contributed by atoms with Crippen molar-refractivity contribution in [2.45, 2.75) is 12.1 Å². The molecule has 1 heterocycles. The molecular weight excluding hydrogens is 442 g/mol. The van der Waals surface area contributed by atoms with Crippen LogP contribution in [0.5, 0.6) is 11.5 Å². The summed E-state index contributed by atoms with van der Waals surface area (Å²) in [5, 5.41) is 3.40. The summed E-state index contributed by atoms with van der Waals surface area (Å²) in [6.07, 6.45) is 1.81. The number of hydrogen-bond donors (Lipinski definition) is 2. The summed E-state index contributed by atoms with van der Waals surface area (Å²) >= 11 is 5.93. The maximum atomic E-state index is 13.0. The summed E-state index contributed by atoms with van der Waals surface area (Å²) in [5.74, 6) is 0.704. The molecule has 2 amide bonds. The Morgan fingerprint density at radius 3 is 2.36 bits per heavy atom. The SMILES string of the molecule is COc1ccc([C@H]2[C@H](NC(=O)c3ccc(Cl)cc3)C(=O)N/[N+]2=C\c2cccc(OC)c2)cc1. The third kappa shape index (κ3) is 4.99. The van der Waals surface area contributed by atoms with Crippen LogP contribution in [0.4, 0.5) is 0 Å². The third-order valence-electron chi connectivity index (χ3n) is 5.37.